The highest BCUT2D eigenvalue weighted by Crippen LogP contribution is 2.18. The average Bonchev–Trinajstić information content (AvgIpc) is 2.91. The highest BCUT2D eigenvalue weighted by atomic mass is 16.5. The van der Waals surface area contributed by atoms with Crippen LogP contribution in [0.1, 0.15) is 30.7 Å². The molecular weight excluding hydrogens is 238 g/mol. The molecular formula is C16H21NO2. The van der Waals surface area contributed by atoms with Crippen LogP contribution in [0.3, 0.4) is 0 Å². The van der Waals surface area contributed by atoms with Crippen molar-refractivity contribution in [1.29, 1.82) is 0 Å². The number of benzene rings is 1. The summed E-state index contributed by atoms with van der Waals surface area (Å²) in [4.78, 5) is 0. The number of furan rings is 1. The zero-order chi connectivity index (χ0) is 13.5. The molecule has 0 amide bonds. The second-order valence-electron chi connectivity index (χ2n) is 4.58. The van der Waals surface area contributed by atoms with E-state index in [1.54, 1.807) is 6.26 Å². The molecule has 0 spiro atoms. The predicted molar refractivity (Wildman–Crippen MR) is 76.4 cm³/mol. The summed E-state index contributed by atoms with van der Waals surface area (Å²) in [7, 11) is 0. The minimum Gasteiger partial charge on any atom is -0.494 e. The zero-order valence-corrected chi connectivity index (χ0v) is 11.6. The summed E-state index contributed by atoms with van der Waals surface area (Å²) in [5.41, 5.74) is 1.21. The number of aryl methyl sites for hydroxylation is 1. The Labute approximate surface area is 114 Å². The minimum atomic E-state index is 0.213. The first-order valence-corrected chi connectivity index (χ1v) is 6.76. The number of rotatable bonds is 7. The molecule has 0 aliphatic rings. The van der Waals surface area contributed by atoms with E-state index in [1.807, 2.05) is 24.3 Å². The first-order chi connectivity index (χ1) is 9.29. The van der Waals surface area contributed by atoms with E-state index in [9.17, 15) is 0 Å². The van der Waals surface area contributed by atoms with E-state index in [4.69, 9.17) is 9.15 Å². The Bertz CT molecular complexity index is 479. The molecule has 0 aliphatic carbocycles. The highest BCUT2D eigenvalue weighted by Gasteiger charge is 2.12. The monoisotopic (exact) mass is 259 g/mol. The normalized spacial score (nSPS) is 12.3. The molecule has 1 N–H and O–H groups in total. The van der Waals surface area contributed by atoms with Gasteiger partial charge in [0.1, 0.15) is 11.5 Å². The molecule has 19 heavy (non-hydrogen) atoms. The Morgan fingerprint density at radius 3 is 2.84 bits per heavy atom. The third-order valence-corrected chi connectivity index (χ3v) is 3.00. The van der Waals surface area contributed by atoms with Gasteiger partial charge in [-0.1, -0.05) is 19.1 Å². The van der Waals surface area contributed by atoms with Crippen molar-refractivity contribution in [2.75, 3.05) is 13.2 Å². The number of nitrogens with one attached hydrogen (secondary N) is 1. The molecule has 3 nitrogen and oxygen atoms in total. The second-order valence-corrected chi connectivity index (χ2v) is 4.58. The van der Waals surface area contributed by atoms with Crippen molar-refractivity contribution in [2.24, 2.45) is 0 Å². The molecule has 0 saturated carbocycles. The lowest BCUT2D eigenvalue weighted by molar-refractivity contribution is 0.274. The Hall–Kier alpha value is -1.74. The van der Waals surface area contributed by atoms with Gasteiger partial charge in [0.2, 0.25) is 0 Å². The van der Waals surface area contributed by atoms with Crippen molar-refractivity contribution in [3.63, 3.8) is 0 Å². The van der Waals surface area contributed by atoms with Crippen LogP contribution in [0.4, 0.5) is 0 Å². The third kappa shape index (κ3) is 4.14. The molecule has 102 valence electrons. The van der Waals surface area contributed by atoms with Gasteiger partial charge in [0.05, 0.1) is 18.9 Å². The quantitative estimate of drug-likeness (QED) is 0.823. The van der Waals surface area contributed by atoms with Crippen LogP contribution in [0.15, 0.2) is 47.1 Å². The van der Waals surface area contributed by atoms with Gasteiger partial charge in [0.25, 0.3) is 0 Å². The average molecular weight is 259 g/mol. The molecule has 1 aromatic heterocycles. The van der Waals surface area contributed by atoms with Gasteiger partial charge in [-0.05, 0) is 43.3 Å². The van der Waals surface area contributed by atoms with Gasteiger partial charge in [0.15, 0.2) is 0 Å². The Morgan fingerprint density at radius 2 is 2.16 bits per heavy atom. The summed E-state index contributed by atoms with van der Waals surface area (Å²) >= 11 is 0. The van der Waals surface area contributed by atoms with Crippen LogP contribution in [0.25, 0.3) is 0 Å². The van der Waals surface area contributed by atoms with Crippen molar-refractivity contribution in [1.82, 2.24) is 5.32 Å². The van der Waals surface area contributed by atoms with Crippen molar-refractivity contribution < 1.29 is 9.15 Å². The van der Waals surface area contributed by atoms with Crippen LogP contribution in [0.2, 0.25) is 0 Å². The molecule has 0 radical (unpaired) electrons. The maximum absolute atomic E-state index is 5.78. The number of hydrogen-bond acceptors (Lipinski definition) is 3. The van der Waals surface area contributed by atoms with Gasteiger partial charge < -0.3 is 14.5 Å². The lowest BCUT2D eigenvalue weighted by Crippen LogP contribution is -2.22. The Kier molecular flexibility index (Phi) is 5.04. The fourth-order valence-corrected chi connectivity index (χ4v) is 2.08. The molecule has 1 atom stereocenters. The summed E-state index contributed by atoms with van der Waals surface area (Å²) in [6.07, 6.45) is 2.59. The van der Waals surface area contributed by atoms with Crippen LogP contribution < -0.4 is 10.1 Å². The largest absolute Gasteiger partial charge is 0.494 e. The fraction of sp³-hybridized carbons (Fsp3) is 0.375. The summed E-state index contributed by atoms with van der Waals surface area (Å²) in [6, 6.07) is 12.2. The summed E-state index contributed by atoms with van der Waals surface area (Å²) < 4.78 is 11.2. The highest BCUT2D eigenvalue weighted by molar-refractivity contribution is 5.27. The first kappa shape index (κ1) is 13.7. The topological polar surface area (TPSA) is 34.4 Å². The van der Waals surface area contributed by atoms with Gasteiger partial charge in [-0.3, -0.25) is 0 Å². The molecule has 0 aliphatic heterocycles. The molecule has 2 rings (SSSR count). The second kappa shape index (κ2) is 7.00. The SMILES string of the molecule is CCNC(CCOc1cccc(C)c1)c1ccco1. The molecule has 1 aromatic carbocycles. The van der Waals surface area contributed by atoms with Crippen LogP contribution in [0, 0.1) is 6.92 Å². The molecule has 3 heteroatoms. The molecule has 1 unspecified atom stereocenters. The van der Waals surface area contributed by atoms with Crippen LogP contribution in [-0.2, 0) is 0 Å². The maximum Gasteiger partial charge on any atom is 0.120 e. The van der Waals surface area contributed by atoms with E-state index in [-0.39, 0.29) is 6.04 Å². The number of hydrogen-bond donors (Lipinski definition) is 1. The van der Waals surface area contributed by atoms with E-state index < -0.39 is 0 Å². The lowest BCUT2D eigenvalue weighted by atomic mass is 10.1. The van der Waals surface area contributed by atoms with Gasteiger partial charge in [-0.25, -0.2) is 0 Å². The van der Waals surface area contributed by atoms with Gasteiger partial charge in [0, 0.05) is 6.42 Å². The van der Waals surface area contributed by atoms with Crippen molar-refractivity contribution in [3.05, 3.63) is 54.0 Å². The van der Waals surface area contributed by atoms with Gasteiger partial charge in [-0.15, -0.1) is 0 Å². The summed E-state index contributed by atoms with van der Waals surface area (Å²) in [6.45, 7) is 5.74. The van der Waals surface area contributed by atoms with E-state index in [0.717, 1.165) is 24.5 Å². The minimum absolute atomic E-state index is 0.213. The predicted octanol–water partition coefficient (Wildman–Crippen LogP) is 3.71. The Balaban J connectivity index is 1.86. The summed E-state index contributed by atoms with van der Waals surface area (Å²) in [5.74, 6) is 1.89. The lowest BCUT2D eigenvalue weighted by Gasteiger charge is -2.16. The zero-order valence-electron chi connectivity index (χ0n) is 11.6. The van der Waals surface area contributed by atoms with E-state index in [2.05, 4.69) is 31.3 Å². The molecule has 1 heterocycles. The fourth-order valence-electron chi connectivity index (χ4n) is 2.08. The molecule has 0 fully saturated rings. The van der Waals surface area contributed by atoms with Crippen LogP contribution in [0.5, 0.6) is 5.75 Å². The van der Waals surface area contributed by atoms with Crippen molar-refractivity contribution >= 4 is 0 Å². The number of ether oxygens (including phenoxy) is 1. The molecule has 2 aromatic rings. The third-order valence-electron chi connectivity index (χ3n) is 3.00. The van der Waals surface area contributed by atoms with E-state index in [0.29, 0.717) is 6.61 Å². The van der Waals surface area contributed by atoms with Crippen molar-refractivity contribution in [2.45, 2.75) is 26.3 Å². The van der Waals surface area contributed by atoms with E-state index in [1.165, 1.54) is 5.56 Å². The van der Waals surface area contributed by atoms with Gasteiger partial charge >= 0.3 is 0 Å². The molecule has 0 saturated heterocycles. The standard InChI is InChI=1S/C16H21NO2/c1-3-17-15(16-8-5-10-19-16)9-11-18-14-7-4-6-13(2)12-14/h4-8,10,12,15,17H,3,9,11H2,1-2H3. The Morgan fingerprint density at radius 1 is 1.26 bits per heavy atom. The van der Waals surface area contributed by atoms with E-state index >= 15 is 0 Å². The molecule has 0 bridgehead atoms. The van der Waals surface area contributed by atoms with Gasteiger partial charge in [-0.2, -0.15) is 0 Å². The van der Waals surface area contributed by atoms with Crippen LogP contribution in [-0.4, -0.2) is 13.2 Å². The first-order valence-electron chi connectivity index (χ1n) is 6.76. The van der Waals surface area contributed by atoms with Crippen molar-refractivity contribution in [3.8, 4) is 5.75 Å². The summed E-state index contributed by atoms with van der Waals surface area (Å²) in [5, 5.41) is 3.41. The maximum atomic E-state index is 5.78. The smallest absolute Gasteiger partial charge is 0.120 e. The van der Waals surface area contributed by atoms with Crippen LogP contribution >= 0.6 is 0 Å².